The van der Waals surface area contributed by atoms with Gasteiger partial charge in [-0.3, -0.25) is 9.69 Å². The molecule has 1 aliphatic rings. The molecule has 1 saturated heterocycles. The quantitative estimate of drug-likeness (QED) is 0.620. The number of piperazine rings is 1. The van der Waals surface area contributed by atoms with E-state index in [1.54, 1.807) is 19.2 Å². The fraction of sp³-hybridized carbons (Fsp3) is 0.250. The number of H-pyrrole nitrogens is 1. The van der Waals surface area contributed by atoms with Crippen LogP contribution in [-0.2, 0) is 4.79 Å². The molecule has 1 atom stereocenters. The molecule has 0 radical (unpaired) electrons. The van der Waals surface area contributed by atoms with E-state index in [2.05, 4.69) is 21.3 Å². The van der Waals surface area contributed by atoms with E-state index in [4.69, 9.17) is 16.3 Å². The van der Waals surface area contributed by atoms with Crippen LogP contribution in [0.25, 0.3) is 0 Å². The minimum atomic E-state index is -0.302. The van der Waals surface area contributed by atoms with E-state index in [9.17, 15) is 4.79 Å². The minimum absolute atomic E-state index is 0.0397. The first-order chi connectivity index (χ1) is 15.2. The minimum Gasteiger partial charge on any atom is -0.495 e. The van der Waals surface area contributed by atoms with Crippen LogP contribution in [-0.4, -0.2) is 39.2 Å². The molecule has 4 rings (SSSR count). The van der Waals surface area contributed by atoms with Gasteiger partial charge in [0.05, 0.1) is 18.3 Å². The summed E-state index contributed by atoms with van der Waals surface area (Å²) in [6.45, 7) is 3.47. The van der Waals surface area contributed by atoms with Gasteiger partial charge >= 0.3 is 0 Å². The lowest BCUT2D eigenvalue weighted by atomic mass is 10.0. The molecule has 0 spiro atoms. The molecule has 1 aromatic heterocycles. The standard InChI is InChI=1S/C24H25ClN4O2/c1-31-21-11-10-19(17-20(21)25)27-24(30)23(18-7-3-2-4-8-18)29-15-13-28(14-16-29)22-9-5-6-12-26-22/h2-12,17,23H,13-16H2,1H3,(H,27,30)/p+2/t23-/m0/s1. The normalized spacial score (nSPS) is 15.4. The SMILES string of the molecule is COc1ccc(NC(=O)[C@H](c2ccccc2)[NH+]2CCN(c3cccc[nH+]3)CC2)cc1Cl. The average molecular weight is 439 g/mol. The van der Waals surface area contributed by atoms with Gasteiger partial charge in [0.1, 0.15) is 31.9 Å². The molecule has 0 saturated carbocycles. The number of aromatic amines is 1. The fourth-order valence-electron chi connectivity index (χ4n) is 4.08. The molecule has 0 aliphatic carbocycles. The number of carbonyl (C=O) groups is 1. The number of ether oxygens (including phenoxy) is 1. The van der Waals surface area contributed by atoms with E-state index in [0.717, 1.165) is 37.6 Å². The average Bonchev–Trinajstić information content (AvgIpc) is 2.81. The number of quaternary nitrogens is 1. The lowest BCUT2D eigenvalue weighted by molar-refractivity contribution is -0.922. The highest BCUT2D eigenvalue weighted by atomic mass is 35.5. The second-order valence-corrected chi connectivity index (χ2v) is 7.98. The number of hydrogen-bond acceptors (Lipinski definition) is 3. The van der Waals surface area contributed by atoms with Gasteiger partial charge in [-0.05, 0) is 24.3 Å². The maximum Gasteiger partial charge on any atom is 0.287 e. The van der Waals surface area contributed by atoms with Crippen LogP contribution in [0.4, 0.5) is 11.5 Å². The van der Waals surface area contributed by atoms with Crippen molar-refractivity contribution in [3.05, 3.63) is 83.5 Å². The summed E-state index contributed by atoms with van der Waals surface area (Å²) >= 11 is 6.24. The molecule has 3 aromatic rings. The number of nitrogens with one attached hydrogen (secondary N) is 3. The third kappa shape index (κ3) is 4.98. The smallest absolute Gasteiger partial charge is 0.287 e. The number of anilines is 2. The third-order valence-corrected chi connectivity index (χ3v) is 5.96. The van der Waals surface area contributed by atoms with Crippen molar-refractivity contribution in [1.82, 2.24) is 0 Å². The third-order valence-electron chi connectivity index (χ3n) is 5.66. The summed E-state index contributed by atoms with van der Waals surface area (Å²) in [6, 6.07) is 21.1. The van der Waals surface area contributed by atoms with Crippen molar-refractivity contribution in [1.29, 1.82) is 0 Å². The highest BCUT2D eigenvalue weighted by molar-refractivity contribution is 6.32. The molecule has 1 fully saturated rings. The van der Waals surface area contributed by atoms with Gasteiger partial charge in [-0.2, -0.15) is 0 Å². The first kappa shape index (κ1) is 21.2. The second kappa shape index (κ2) is 9.81. The summed E-state index contributed by atoms with van der Waals surface area (Å²) in [4.78, 5) is 20.3. The van der Waals surface area contributed by atoms with E-state index in [0.29, 0.717) is 16.5 Å². The Hall–Kier alpha value is -3.09. The summed E-state index contributed by atoms with van der Waals surface area (Å²) in [7, 11) is 1.57. The van der Waals surface area contributed by atoms with Gasteiger partial charge in [0.15, 0.2) is 6.04 Å². The van der Waals surface area contributed by atoms with Gasteiger partial charge in [0.25, 0.3) is 11.7 Å². The summed E-state index contributed by atoms with van der Waals surface area (Å²) < 4.78 is 5.21. The van der Waals surface area contributed by atoms with Crippen molar-refractivity contribution < 1.29 is 19.4 Å². The highest BCUT2D eigenvalue weighted by Gasteiger charge is 2.36. The molecule has 1 amide bonds. The molecule has 2 aromatic carbocycles. The predicted octanol–water partition coefficient (Wildman–Crippen LogP) is 2.25. The molecule has 0 bridgehead atoms. The van der Waals surface area contributed by atoms with Gasteiger partial charge in [-0.1, -0.05) is 48.0 Å². The lowest BCUT2D eigenvalue weighted by Crippen LogP contribution is -3.16. The van der Waals surface area contributed by atoms with E-state index in [1.165, 1.54) is 4.90 Å². The predicted molar refractivity (Wildman–Crippen MR) is 122 cm³/mol. The Kier molecular flexibility index (Phi) is 6.70. The molecule has 6 nitrogen and oxygen atoms in total. The van der Waals surface area contributed by atoms with Gasteiger partial charge < -0.3 is 15.0 Å². The van der Waals surface area contributed by atoms with Crippen LogP contribution < -0.4 is 24.8 Å². The number of hydrogen-bond donors (Lipinski definition) is 2. The number of amides is 1. The van der Waals surface area contributed by atoms with Crippen LogP contribution in [0.3, 0.4) is 0 Å². The van der Waals surface area contributed by atoms with Crippen LogP contribution in [0.5, 0.6) is 5.75 Å². The molecule has 160 valence electrons. The first-order valence-corrected chi connectivity index (χ1v) is 10.8. The van der Waals surface area contributed by atoms with Crippen molar-refractivity contribution in [3.8, 4) is 5.75 Å². The van der Waals surface area contributed by atoms with E-state index in [1.807, 2.05) is 54.7 Å². The van der Waals surface area contributed by atoms with Gasteiger partial charge in [-0.15, -0.1) is 0 Å². The summed E-state index contributed by atoms with van der Waals surface area (Å²) in [5.41, 5.74) is 1.67. The number of halogens is 1. The zero-order chi connectivity index (χ0) is 21.6. The fourth-order valence-corrected chi connectivity index (χ4v) is 4.34. The number of benzene rings is 2. The Morgan fingerprint density at radius 2 is 1.84 bits per heavy atom. The summed E-state index contributed by atoms with van der Waals surface area (Å²) in [5, 5.41) is 3.52. The van der Waals surface area contributed by atoms with Crippen LogP contribution in [0.1, 0.15) is 11.6 Å². The van der Waals surface area contributed by atoms with E-state index in [-0.39, 0.29) is 11.9 Å². The summed E-state index contributed by atoms with van der Waals surface area (Å²) in [5.74, 6) is 1.65. The Labute approximate surface area is 187 Å². The van der Waals surface area contributed by atoms with E-state index < -0.39 is 0 Å². The largest absolute Gasteiger partial charge is 0.495 e. The molecule has 3 N–H and O–H groups in total. The zero-order valence-electron chi connectivity index (χ0n) is 17.5. The maximum absolute atomic E-state index is 13.4. The van der Waals surface area contributed by atoms with Gasteiger partial charge in [0, 0.05) is 17.3 Å². The number of pyridine rings is 1. The molecular formula is C24H27ClN4O2+2. The Morgan fingerprint density at radius 1 is 1.10 bits per heavy atom. The first-order valence-electron chi connectivity index (χ1n) is 10.4. The number of methoxy groups -OCH3 is 1. The van der Waals surface area contributed by atoms with Crippen LogP contribution in [0, 0.1) is 0 Å². The van der Waals surface area contributed by atoms with E-state index >= 15 is 0 Å². The Balaban J connectivity index is 1.51. The van der Waals surface area contributed by atoms with Crippen LogP contribution in [0.2, 0.25) is 5.02 Å². The Morgan fingerprint density at radius 3 is 2.48 bits per heavy atom. The zero-order valence-corrected chi connectivity index (χ0v) is 18.2. The number of rotatable bonds is 6. The topological polar surface area (TPSA) is 60.1 Å². The summed E-state index contributed by atoms with van der Waals surface area (Å²) in [6.07, 6.45) is 1.94. The number of aromatic nitrogens is 1. The molecule has 0 unspecified atom stereocenters. The number of carbonyl (C=O) groups excluding carboxylic acids is 1. The Bertz CT molecular complexity index is 1010. The van der Waals surface area contributed by atoms with Crippen molar-refractivity contribution in [2.45, 2.75) is 6.04 Å². The molecule has 31 heavy (non-hydrogen) atoms. The second-order valence-electron chi connectivity index (χ2n) is 7.58. The van der Waals surface area contributed by atoms with Crippen LogP contribution >= 0.6 is 11.6 Å². The maximum atomic E-state index is 13.4. The van der Waals surface area contributed by atoms with Crippen molar-refractivity contribution in [3.63, 3.8) is 0 Å². The molecular weight excluding hydrogens is 412 g/mol. The molecule has 2 heterocycles. The highest BCUT2D eigenvalue weighted by Crippen LogP contribution is 2.27. The molecule has 1 aliphatic heterocycles. The van der Waals surface area contributed by atoms with Gasteiger partial charge in [0.2, 0.25) is 0 Å². The van der Waals surface area contributed by atoms with Crippen molar-refractivity contribution >= 4 is 29.0 Å². The monoisotopic (exact) mass is 438 g/mol. The van der Waals surface area contributed by atoms with Crippen molar-refractivity contribution in [2.75, 3.05) is 43.5 Å². The van der Waals surface area contributed by atoms with Crippen molar-refractivity contribution in [2.24, 2.45) is 0 Å². The van der Waals surface area contributed by atoms with Gasteiger partial charge in [-0.25, -0.2) is 4.98 Å². The number of nitrogens with zero attached hydrogens (tertiary/aromatic N) is 1. The molecule has 7 heteroatoms. The lowest BCUT2D eigenvalue weighted by Gasteiger charge is -2.33. The van der Waals surface area contributed by atoms with Crippen LogP contribution in [0.15, 0.2) is 72.9 Å².